The van der Waals surface area contributed by atoms with Crippen molar-refractivity contribution in [1.82, 2.24) is 9.78 Å². The van der Waals surface area contributed by atoms with Gasteiger partial charge in [-0.1, -0.05) is 19.1 Å². The third-order valence-corrected chi connectivity index (χ3v) is 4.29. The second-order valence-corrected chi connectivity index (χ2v) is 6.50. The summed E-state index contributed by atoms with van der Waals surface area (Å²) < 4.78 is 3.16. The predicted molar refractivity (Wildman–Crippen MR) is 89.7 cm³/mol. The molecule has 0 aliphatic carbocycles. The molecule has 4 heteroatoms. The first-order valence-corrected chi connectivity index (χ1v) is 8.08. The van der Waals surface area contributed by atoms with E-state index in [1.165, 1.54) is 3.57 Å². The molecular weight excluding hydrogens is 363 g/mol. The molecule has 0 fully saturated rings. The molecule has 0 aliphatic rings. The van der Waals surface area contributed by atoms with Crippen LogP contribution in [0.1, 0.15) is 37.7 Å². The summed E-state index contributed by atoms with van der Waals surface area (Å²) in [5.41, 5.74) is 2.25. The van der Waals surface area contributed by atoms with Gasteiger partial charge in [0.05, 0.1) is 11.3 Å². The van der Waals surface area contributed by atoms with E-state index in [4.69, 9.17) is 0 Å². The van der Waals surface area contributed by atoms with Gasteiger partial charge in [-0.05, 0) is 66.6 Å². The summed E-state index contributed by atoms with van der Waals surface area (Å²) in [5.74, 6) is 0. The van der Waals surface area contributed by atoms with E-state index in [0.29, 0.717) is 6.42 Å². The van der Waals surface area contributed by atoms with Gasteiger partial charge in [0.25, 0.3) is 0 Å². The van der Waals surface area contributed by atoms with Gasteiger partial charge in [-0.15, -0.1) is 0 Å². The first kappa shape index (κ1) is 15.5. The van der Waals surface area contributed by atoms with Crippen molar-refractivity contribution >= 4 is 22.6 Å². The number of hydrogen-bond donors (Lipinski definition) is 1. The van der Waals surface area contributed by atoms with Gasteiger partial charge < -0.3 is 5.11 Å². The van der Waals surface area contributed by atoms with E-state index in [1.807, 2.05) is 35.9 Å². The number of nitrogens with zero attached hydrogens (tertiary/aromatic N) is 2. The number of aryl methyl sites for hydroxylation is 2. The van der Waals surface area contributed by atoms with Crippen molar-refractivity contribution in [3.05, 3.63) is 50.9 Å². The monoisotopic (exact) mass is 384 g/mol. The van der Waals surface area contributed by atoms with E-state index in [1.54, 1.807) is 0 Å². The number of aliphatic hydroxyl groups is 1. The normalized spacial score (nSPS) is 14.2. The molecule has 0 saturated carbocycles. The molecule has 20 heavy (non-hydrogen) atoms. The molecule has 108 valence electrons. The van der Waals surface area contributed by atoms with E-state index >= 15 is 0 Å². The molecule has 0 amide bonds. The van der Waals surface area contributed by atoms with Crippen LogP contribution in [0.5, 0.6) is 0 Å². The first-order valence-electron chi connectivity index (χ1n) is 7.00. The van der Waals surface area contributed by atoms with Crippen LogP contribution in [-0.2, 0) is 25.0 Å². The van der Waals surface area contributed by atoms with Crippen LogP contribution >= 0.6 is 22.6 Å². The maximum absolute atomic E-state index is 10.8. The van der Waals surface area contributed by atoms with Gasteiger partial charge in [0, 0.05) is 22.2 Å². The highest BCUT2D eigenvalue weighted by Gasteiger charge is 2.25. The van der Waals surface area contributed by atoms with Gasteiger partial charge in [0.2, 0.25) is 0 Å². The van der Waals surface area contributed by atoms with Gasteiger partial charge >= 0.3 is 0 Å². The minimum absolute atomic E-state index is 0.578. The van der Waals surface area contributed by atoms with Gasteiger partial charge in [-0.3, -0.25) is 4.68 Å². The molecule has 1 aromatic heterocycles. The fourth-order valence-electron chi connectivity index (χ4n) is 2.37. The summed E-state index contributed by atoms with van der Waals surface area (Å²) in [6.07, 6.45) is 1.50. The smallest absolute Gasteiger partial charge is 0.0923 e. The van der Waals surface area contributed by atoms with E-state index in [0.717, 1.165) is 29.9 Å². The van der Waals surface area contributed by atoms with Crippen molar-refractivity contribution in [3.63, 3.8) is 0 Å². The number of halogens is 1. The molecule has 2 aromatic rings. The van der Waals surface area contributed by atoms with Crippen LogP contribution < -0.4 is 0 Å². The largest absolute Gasteiger partial charge is 0.385 e. The molecule has 1 aromatic carbocycles. The van der Waals surface area contributed by atoms with Crippen LogP contribution in [0.25, 0.3) is 0 Å². The van der Waals surface area contributed by atoms with Gasteiger partial charge in [-0.2, -0.15) is 5.10 Å². The van der Waals surface area contributed by atoms with Crippen LogP contribution in [-0.4, -0.2) is 14.9 Å². The second-order valence-electron chi connectivity index (χ2n) is 5.25. The summed E-state index contributed by atoms with van der Waals surface area (Å²) in [6, 6.07) is 10.1. The van der Waals surface area contributed by atoms with Crippen LogP contribution in [0.15, 0.2) is 30.3 Å². The number of hydrogen-bond acceptors (Lipinski definition) is 2. The third kappa shape index (κ3) is 3.41. The van der Waals surface area contributed by atoms with Gasteiger partial charge in [-0.25, -0.2) is 0 Å². The first-order chi connectivity index (χ1) is 9.46. The minimum Gasteiger partial charge on any atom is -0.385 e. The SMILES string of the molecule is CCc1cc(CC(C)(O)c2ccc(I)cc2)n(CC)n1. The maximum atomic E-state index is 10.8. The standard InChI is InChI=1S/C16H21IN2O/c1-4-14-10-15(19(5-2)18-14)11-16(3,20)12-6-8-13(17)9-7-12/h6-10,20H,4-5,11H2,1-3H3. The van der Waals surface area contributed by atoms with Crippen molar-refractivity contribution in [2.24, 2.45) is 0 Å². The van der Waals surface area contributed by atoms with Crippen LogP contribution in [0.4, 0.5) is 0 Å². The van der Waals surface area contributed by atoms with Gasteiger partial charge in [0.1, 0.15) is 0 Å². The molecular formula is C16H21IN2O. The summed E-state index contributed by atoms with van der Waals surface area (Å²) in [6.45, 7) is 6.88. The molecule has 0 bridgehead atoms. The number of benzene rings is 1. The molecule has 2 rings (SSSR count). The molecule has 0 radical (unpaired) electrons. The molecule has 1 N–H and O–H groups in total. The van der Waals surface area contributed by atoms with E-state index < -0.39 is 5.60 Å². The van der Waals surface area contributed by atoms with Crippen molar-refractivity contribution in [2.75, 3.05) is 0 Å². The van der Waals surface area contributed by atoms with Crippen LogP contribution in [0.3, 0.4) is 0 Å². The lowest BCUT2D eigenvalue weighted by molar-refractivity contribution is 0.0554. The zero-order chi connectivity index (χ0) is 14.8. The average molecular weight is 384 g/mol. The van der Waals surface area contributed by atoms with E-state index in [-0.39, 0.29) is 0 Å². The molecule has 0 saturated heterocycles. The molecule has 1 heterocycles. The van der Waals surface area contributed by atoms with Crippen molar-refractivity contribution in [3.8, 4) is 0 Å². The molecule has 1 atom stereocenters. The lowest BCUT2D eigenvalue weighted by Gasteiger charge is -2.24. The highest BCUT2D eigenvalue weighted by Crippen LogP contribution is 2.26. The fraction of sp³-hybridized carbons (Fsp3) is 0.438. The highest BCUT2D eigenvalue weighted by atomic mass is 127. The van der Waals surface area contributed by atoms with Crippen molar-refractivity contribution in [1.29, 1.82) is 0 Å². The topological polar surface area (TPSA) is 38.0 Å². The third-order valence-electron chi connectivity index (χ3n) is 3.57. The Bertz CT molecular complexity index is 573. The Kier molecular flexibility index (Phi) is 4.86. The zero-order valence-electron chi connectivity index (χ0n) is 12.2. The average Bonchev–Trinajstić information content (AvgIpc) is 2.80. The molecule has 0 spiro atoms. The quantitative estimate of drug-likeness (QED) is 0.802. The summed E-state index contributed by atoms with van der Waals surface area (Å²) in [7, 11) is 0. The molecule has 1 unspecified atom stereocenters. The Morgan fingerprint density at radius 3 is 2.45 bits per heavy atom. The number of rotatable bonds is 5. The summed E-state index contributed by atoms with van der Waals surface area (Å²) in [4.78, 5) is 0. The molecule has 3 nitrogen and oxygen atoms in total. The van der Waals surface area contributed by atoms with Crippen molar-refractivity contribution in [2.45, 2.75) is 45.8 Å². The zero-order valence-corrected chi connectivity index (χ0v) is 14.4. The minimum atomic E-state index is -0.873. The number of aromatic nitrogens is 2. The molecule has 0 aliphatic heterocycles. The van der Waals surface area contributed by atoms with Crippen LogP contribution in [0.2, 0.25) is 0 Å². The summed E-state index contributed by atoms with van der Waals surface area (Å²) in [5, 5.41) is 15.3. The van der Waals surface area contributed by atoms with E-state index in [2.05, 4.69) is 47.6 Å². The van der Waals surface area contributed by atoms with Crippen LogP contribution in [0, 0.1) is 3.57 Å². The Morgan fingerprint density at radius 2 is 1.90 bits per heavy atom. The Labute approximate surface area is 134 Å². The predicted octanol–water partition coefficient (Wildman–Crippen LogP) is 3.52. The lowest BCUT2D eigenvalue weighted by atomic mass is 9.91. The Morgan fingerprint density at radius 1 is 1.25 bits per heavy atom. The highest BCUT2D eigenvalue weighted by molar-refractivity contribution is 14.1. The Hall–Kier alpha value is -0.880. The Balaban J connectivity index is 2.27. The maximum Gasteiger partial charge on any atom is 0.0923 e. The summed E-state index contributed by atoms with van der Waals surface area (Å²) >= 11 is 2.27. The second kappa shape index (κ2) is 6.26. The van der Waals surface area contributed by atoms with Crippen molar-refractivity contribution < 1.29 is 5.11 Å². The van der Waals surface area contributed by atoms with Gasteiger partial charge in [0.15, 0.2) is 0 Å². The fourth-order valence-corrected chi connectivity index (χ4v) is 2.73. The lowest BCUT2D eigenvalue weighted by Crippen LogP contribution is -2.25. The van der Waals surface area contributed by atoms with E-state index in [9.17, 15) is 5.11 Å².